The highest BCUT2D eigenvalue weighted by Gasteiger charge is 2.45. The maximum Gasteiger partial charge on any atom is 0.258 e. The second-order valence-corrected chi connectivity index (χ2v) is 14.1. The normalized spacial score (nSPS) is 13.6. The van der Waals surface area contributed by atoms with Crippen LogP contribution in [0.3, 0.4) is 0 Å². The number of para-hydroxylation sites is 4. The molecule has 0 atom stereocenters. The summed E-state index contributed by atoms with van der Waals surface area (Å²) in [6, 6.07) is 51.4. The van der Waals surface area contributed by atoms with Crippen LogP contribution < -0.4 is 16.4 Å². The zero-order chi connectivity index (χ0) is 32.0. The number of benzene rings is 7. The van der Waals surface area contributed by atoms with E-state index in [0.29, 0.717) is 0 Å². The van der Waals surface area contributed by atoms with Crippen molar-refractivity contribution in [2.24, 2.45) is 0 Å². The first-order chi connectivity index (χ1) is 24.9. The third-order valence-corrected chi connectivity index (χ3v) is 11.9. The summed E-state index contributed by atoms with van der Waals surface area (Å²) in [4.78, 5) is 0. The van der Waals surface area contributed by atoms with Crippen molar-refractivity contribution in [2.75, 3.05) is 0 Å². The van der Waals surface area contributed by atoms with Crippen LogP contribution in [0, 0.1) is 0 Å². The van der Waals surface area contributed by atoms with E-state index in [0.717, 1.165) is 22.2 Å². The van der Waals surface area contributed by atoms with E-state index >= 15 is 0 Å². The quantitative estimate of drug-likeness (QED) is 0.122. The fourth-order valence-corrected chi connectivity index (χ4v) is 10.2. The molecule has 2 aliphatic heterocycles. The first-order valence-electron chi connectivity index (χ1n) is 17.3. The lowest BCUT2D eigenvalue weighted by Gasteiger charge is -2.31. The van der Waals surface area contributed by atoms with Gasteiger partial charge < -0.3 is 4.42 Å². The molecule has 7 heterocycles. The summed E-state index contributed by atoms with van der Waals surface area (Å²) in [7, 11) is 0. The molecule has 6 heteroatoms. The molecule has 0 amide bonds. The highest BCUT2D eigenvalue weighted by molar-refractivity contribution is 7.02. The summed E-state index contributed by atoms with van der Waals surface area (Å²) < 4.78 is 16.8. The number of hydrogen-bond acceptors (Lipinski definition) is 1. The van der Waals surface area contributed by atoms with Gasteiger partial charge in [-0.3, -0.25) is 17.9 Å². The van der Waals surface area contributed by atoms with Crippen molar-refractivity contribution < 1.29 is 4.42 Å². The number of aromatic nitrogens is 4. The van der Waals surface area contributed by atoms with Gasteiger partial charge in [0.1, 0.15) is 22.4 Å². The lowest BCUT2D eigenvalue weighted by atomic mass is 9.34. The standard InChI is InChI=1S/C44H23BN4O/c1-2-11-25-24(10-1)20-21-27-26(25)22-23-30-38-42-46(32-15-6-7-16-33(32)48(42)40(27)30)34-17-9-18-35-39(34)45(38)37-28-12-3-5-14-31(28)47-41-29-13-4-8-19-36(29)50-44(41)49(35)43(37)47/h1-23H. The van der Waals surface area contributed by atoms with E-state index in [4.69, 9.17) is 4.42 Å². The minimum absolute atomic E-state index is 0.0242. The van der Waals surface area contributed by atoms with Crippen molar-refractivity contribution in [3.05, 3.63) is 140 Å². The van der Waals surface area contributed by atoms with Crippen LogP contribution in [0.1, 0.15) is 0 Å². The number of fused-ring (bicyclic) bond motifs is 22. The summed E-state index contributed by atoms with van der Waals surface area (Å²) in [5.74, 6) is 0. The van der Waals surface area contributed by atoms with Gasteiger partial charge in [0, 0.05) is 22.1 Å². The first kappa shape index (κ1) is 24.5. The van der Waals surface area contributed by atoms with E-state index in [2.05, 4.69) is 157 Å². The Morgan fingerprint density at radius 2 is 1.04 bits per heavy atom. The van der Waals surface area contributed by atoms with Crippen LogP contribution in [0.15, 0.2) is 144 Å². The van der Waals surface area contributed by atoms with Crippen molar-refractivity contribution in [1.82, 2.24) is 17.9 Å². The average Bonchev–Trinajstić information content (AvgIpc) is 3.95. The maximum absolute atomic E-state index is 6.79. The van der Waals surface area contributed by atoms with E-state index < -0.39 is 0 Å². The number of furan rings is 1. The molecule has 5 aromatic heterocycles. The second-order valence-electron chi connectivity index (χ2n) is 14.1. The summed E-state index contributed by atoms with van der Waals surface area (Å²) in [5.41, 5.74) is 16.8. The van der Waals surface area contributed by atoms with Gasteiger partial charge in [0.05, 0.1) is 22.1 Å². The van der Waals surface area contributed by atoms with E-state index in [1.165, 1.54) is 93.4 Å². The summed E-state index contributed by atoms with van der Waals surface area (Å²) in [5, 5.41) is 8.87. The molecule has 0 unspecified atom stereocenters. The molecule has 0 fully saturated rings. The second kappa shape index (κ2) is 7.96. The highest BCUT2D eigenvalue weighted by Crippen LogP contribution is 2.42. The summed E-state index contributed by atoms with van der Waals surface area (Å²) in [6.45, 7) is 0.0242. The zero-order valence-electron chi connectivity index (χ0n) is 26.6. The Kier molecular flexibility index (Phi) is 3.90. The Morgan fingerprint density at radius 1 is 0.400 bits per heavy atom. The van der Waals surface area contributed by atoms with Crippen LogP contribution >= 0.6 is 0 Å². The van der Waals surface area contributed by atoms with Crippen LogP contribution in [0.2, 0.25) is 0 Å². The van der Waals surface area contributed by atoms with Crippen molar-refractivity contribution in [1.29, 1.82) is 0 Å². The fraction of sp³-hybridized carbons (Fsp3) is 0. The molecule has 0 radical (unpaired) electrons. The molecule has 5 nitrogen and oxygen atoms in total. The van der Waals surface area contributed by atoms with Gasteiger partial charge >= 0.3 is 0 Å². The highest BCUT2D eigenvalue weighted by atomic mass is 16.3. The van der Waals surface area contributed by atoms with E-state index in [9.17, 15) is 0 Å². The number of rotatable bonds is 0. The molecule has 0 aliphatic carbocycles. The largest absolute Gasteiger partial charge is 0.437 e. The molecule has 0 saturated heterocycles. The zero-order valence-corrected chi connectivity index (χ0v) is 26.6. The van der Waals surface area contributed by atoms with Crippen LogP contribution in [0.4, 0.5) is 0 Å². The topological polar surface area (TPSA) is 31.8 Å². The van der Waals surface area contributed by atoms with Crippen molar-refractivity contribution in [3.63, 3.8) is 0 Å². The predicted molar refractivity (Wildman–Crippen MR) is 206 cm³/mol. The fourth-order valence-electron chi connectivity index (χ4n) is 10.2. The lowest BCUT2D eigenvalue weighted by Crippen LogP contribution is -2.59. The van der Waals surface area contributed by atoms with Crippen LogP contribution in [-0.2, 0) is 0 Å². The molecule has 0 saturated carbocycles. The third kappa shape index (κ3) is 2.46. The monoisotopic (exact) mass is 634 g/mol. The Labute approximate surface area is 283 Å². The Hall–Kier alpha value is -6.66. The molecular formula is C44H23BN4O. The van der Waals surface area contributed by atoms with Gasteiger partial charge in [0.2, 0.25) is 5.71 Å². The van der Waals surface area contributed by atoms with Crippen LogP contribution in [0.5, 0.6) is 0 Å². The third-order valence-electron chi connectivity index (χ3n) is 11.9. The van der Waals surface area contributed by atoms with Crippen molar-refractivity contribution >= 4 is 111 Å². The number of nitrogens with zero attached hydrogens (tertiary/aromatic N) is 4. The molecule has 14 rings (SSSR count). The Morgan fingerprint density at radius 3 is 1.94 bits per heavy atom. The smallest absolute Gasteiger partial charge is 0.258 e. The number of hydrogen-bond donors (Lipinski definition) is 0. The maximum atomic E-state index is 6.79. The minimum atomic E-state index is 0.0242. The Balaban J connectivity index is 1.27. The average molecular weight is 635 g/mol. The molecule has 228 valence electrons. The van der Waals surface area contributed by atoms with E-state index in [-0.39, 0.29) is 6.71 Å². The molecule has 7 aromatic carbocycles. The molecule has 12 aromatic rings. The van der Waals surface area contributed by atoms with Gasteiger partial charge in [0.25, 0.3) is 6.71 Å². The van der Waals surface area contributed by atoms with Crippen LogP contribution in [-0.4, -0.2) is 24.6 Å². The van der Waals surface area contributed by atoms with Crippen molar-refractivity contribution in [2.45, 2.75) is 0 Å². The minimum Gasteiger partial charge on any atom is -0.437 e. The Bertz CT molecular complexity index is 3570. The molecule has 2 aliphatic rings. The molecule has 50 heavy (non-hydrogen) atoms. The summed E-state index contributed by atoms with van der Waals surface area (Å²) in [6.07, 6.45) is 0. The molecule has 0 spiro atoms. The SMILES string of the molecule is c1cc2c3c(c1)-n1c4oc5ccccc5c4n4c5ccccc5c(c14)B3c1c3ccc4c5ccccc5ccc4c3n3c4ccccc4n-2c13. The van der Waals surface area contributed by atoms with Crippen molar-refractivity contribution in [3.8, 4) is 11.4 Å². The van der Waals surface area contributed by atoms with Gasteiger partial charge in [-0.05, 0) is 85.8 Å². The summed E-state index contributed by atoms with van der Waals surface area (Å²) >= 11 is 0. The molecule has 0 N–H and O–H groups in total. The van der Waals surface area contributed by atoms with Gasteiger partial charge in [-0.15, -0.1) is 0 Å². The predicted octanol–water partition coefficient (Wildman–Crippen LogP) is 8.58. The van der Waals surface area contributed by atoms with Gasteiger partial charge in [-0.25, -0.2) is 0 Å². The first-order valence-corrected chi connectivity index (χ1v) is 17.3. The van der Waals surface area contributed by atoms with Gasteiger partial charge in [-0.1, -0.05) is 97.1 Å². The molecule has 0 bridgehead atoms. The molecular weight excluding hydrogens is 611 g/mol. The van der Waals surface area contributed by atoms with E-state index in [1.54, 1.807) is 0 Å². The number of imidazole rings is 2. The van der Waals surface area contributed by atoms with Gasteiger partial charge in [-0.2, -0.15) is 0 Å². The van der Waals surface area contributed by atoms with E-state index in [1.807, 2.05) is 0 Å². The van der Waals surface area contributed by atoms with Crippen LogP contribution in [0.25, 0.3) is 99.3 Å². The van der Waals surface area contributed by atoms with Gasteiger partial charge in [0.15, 0.2) is 0 Å². The lowest BCUT2D eigenvalue weighted by molar-refractivity contribution is 0.645.